The van der Waals surface area contributed by atoms with Gasteiger partial charge in [0.15, 0.2) is 0 Å². The lowest BCUT2D eigenvalue weighted by atomic mass is 10.1. The molecule has 0 radical (unpaired) electrons. The van der Waals surface area contributed by atoms with Crippen LogP contribution in [-0.4, -0.2) is 12.1 Å². The summed E-state index contributed by atoms with van der Waals surface area (Å²) in [6.45, 7) is 2.11. The first-order valence-corrected chi connectivity index (χ1v) is 9.33. The summed E-state index contributed by atoms with van der Waals surface area (Å²) in [5.41, 5.74) is 5.77. The van der Waals surface area contributed by atoms with Crippen molar-refractivity contribution in [2.24, 2.45) is 0 Å². The number of aryl methyl sites for hydroxylation is 1. The van der Waals surface area contributed by atoms with E-state index in [9.17, 15) is 0 Å². The standard InChI is InChI=1S/C23H19NOS/c1-16-6-13-21-22(14-16)26-23(24-21)19-11-9-17(10-12-19)7-8-18-4-3-5-20(15-18)25-2/h3-15H,1-2H3. The smallest absolute Gasteiger partial charge is 0.124 e. The molecule has 128 valence electrons. The zero-order valence-corrected chi connectivity index (χ0v) is 15.6. The Kier molecular flexibility index (Phi) is 4.55. The second-order valence-electron chi connectivity index (χ2n) is 6.22. The van der Waals surface area contributed by atoms with Crippen molar-refractivity contribution < 1.29 is 4.74 Å². The van der Waals surface area contributed by atoms with Crippen molar-refractivity contribution in [3.05, 3.63) is 83.4 Å². The van der Waals surface area contributed by atoms with E-state index in [4.69, 9.17) is 9.72 Å². The maximum Gasteiger partial charge on any atom is 0.124 e. The lowest BCUT2D eigenvalue weighted by molar-refractivity contribution is 0.414. The number of rotatable bonds is 4. The minimum Gasteiger partial charge on any atom is -0.497 e. The summed E-state index contributed by atoms with van der Waals surface area (Å²) in [7, 11) is 1.69. The topological polar surface area (TPSA) is 22.1 Å². The average molecular weight is 357 g/mol. The van der Waals surface area contributed by atoms with Crippen molar-refractivity contribution in [3.8, 4) is 16.3 Å². The minimum atomic E-state index is 0.869. The highest BCUT2D eigenvalue weighted by atomic mass is 32.1. The van der Waals surface area contributed by atoms with E-state index in [1.807, 2.05) is 18.2 Å². The molecule has 1 heterocycles. The van der Waals surface area contributed by atoms with Gasteiger partial charge in [-0.15, -0.1) is 11.3 Å². The van der Waals surface area contributed by atoms with Crippen LogP contribution in [0.5, 0.6) is 5.75 Å². The fraction of sp³-hybridized carbons (Fsp3) is 0.0870. The molecule has 3 aromatic carbocycles. The number of thiazole rings is 1. The van der Waals surface area contributed by atoms with Gasteiger partial charge in [0.25, 0.3) is 0 Å². The van der Waals surface area contributed by atoms with Crippen LogP contribution in [0.4, 0.5) is 0 Å². The number of fused-ring (bicyclic) bond motifs is 1. The molecule has 1 aromatic heterocycles. The van der Waals surface area contributed by atoms with Crippen molar-refractivity contribution in [1.29, 1.82) is 0 Å². The maximum atomic E-state index is 5.26. The van der Waals surface area contributed by atoms with E-state index >= 15 is 0 Å². The molecule has 0 unspecified atom stereocenters. The molecule has 0 bridgehead atoms. The largest absolute Gasteiger partial charge is 0.497 e. The molecule has 0 aliphatic rings. The van der Waals surface area contributed by atoms with Gasteiger partial charge in [0.05, 0.1) is 17.3 Å². The van der Waals surface area contributed by atoms with Crippen LogP contribution < -0.4 is 4.74 Å². The highest BCUT2D eigenvalue weighted by Crippen LogP contribution is 2.31. The van der Waals surface area contributed by atoms with Gasteiger partial charge in [-0.25, -0.2) is 4.98 Å². The zero-order valence-electron chi connectivity index (χ0n) is 14.8. The minimum absolute atomic E-state index is 0.869. The lowest BCUT2D eigenvalue weighted by Crippen LogP contribution is -1.82. The molecule has 0 spiro atoms. The van der Waals surface area contributed by atoms with Crippen molar-refractivity contribution in [2.45, 2.75) is 6.92 Å². The van der Waals surface area contributed by atoms with Gasteiger partial charge in [0.2, 0.25) is 0 Å². The third-order valence-electron chi connectivity index (χ3n) is 4.26. The molecule has 0 saturated carbocycles. The molecule has 0 N–H and O–H groups in total. The Morgan fingerprint density at radius 1 is 0.885 bits per heavy atom. The van der Waals surface area contributed by atoms with Crippen LogP contribution in [0, 0.1) is 6.92 Å². The Bertz CT molecular complexity index is 1080. The number of hydrogen-bond acceptors (Lipinski definition) is 3. The molecule has 0 aliphatic heterocycles. The Hall–Kier alpha value is -2.91. The van der Waals surface area contributed by atoms with E-state index in [0.29, 0.717) is 0 Å². The van der Waals surface area contributed by atoms with Gasteiger partial charge < -0.3 is 4.74 Å². The van der Waals surface area contributed by atoms with Crippen LogP contribution in [0.2, 0.25) is 0 Å². The first-order valence-electron chi connectivity index (χ1n) is 8.51. The van der Waals surface area contributed by atoms with Gasteiger partial charge in [-0.3, -0.25) is 0 Å². The first-order chi connectivity index (χ1) is 12.7. The molecular weight excluding hydrogens is 338 g/mol. The fourth-order valence-corrected chi connectivity index (χ4v) is 3.90. The first kappa shape index (κ1) is 16.6. The summed E-state index contributed by atoms with van der Waals surface area (Å²) < 4.78 is 6.50. The molecule has 0 fully saturated rings. The summed E-state index contributed by atoms with van der Waals surface area (Å²) in [5, 5.41) is 1.06. The molecule has 0 amide bonds. The molecular formula is C23H19NOS. The summed E-state index contributed by atoms with van der Waals surface area (Å²) in [6, 6.07) is 23.0. The van der Waals surface area contributed by atoms with Crippen molar-refractivity contribution >= 4 is 33.7 Å². The quantitative estimate of drug-likeness (QED) is 0.392. The number of aromatic nitrogens is 1. The second kappa shape index (κ2) is 7.14. The lowest BCUT2D eigenvalue weighted by Gasteiger charge is -2.00. The maximum absolute atomic E-state index is 5.26. The highest BCUT2D eigenvalue weighted by molar-refractivity contribution is 7.21. The predicted octanol–water partition coefficient (Wildman–Crippen LogP) is 6.45. The van der Waals surface area contributed by atoms with E-state index in [1.54, 1.807) is 18.4 Å². The highest BCUT2D eigenvalue weighted by Gasteiger charge is 2.06. The van der Waals surface area contributed by atoms with Gasteiger partial charge in [0.1, 0.15) is 10.8 Å². The second-order valence-corrected chi connectivity index (χ2v) is 7.25. The fourth-order valence-electron chi connectivity index (χ4n) is 2.83. The van der Waals surface area contributed by atoms with Crippen LogP contribution in [0.15, 0.2) is 66.7 Å². The van der Waals surface area contributed by atoms with Crippen LogP contribution >= 0.6 is 11.3 Å². The van der Waals surface area contributed by atoms with Crippen LogP contribution in [0.3, 0.4) is 0 Å². The molecule has 0 atom stereocenters. The Balaban J connectivity index is 1.56. The number of nitrogens with zero attached hydrogens (tertiary/aromatic N) is 1. The molecule has 0 aliphatic carbocycles. The Morgan fingerprint density at radius 2 is 1.69 bits per heavy atom. The van der Waals surface area contributed by atoms with Crippen LogP contribution in [0.1, 0.15) is 16.7 Å². The van der Waals surface area contributed by atoms with E-state index in [-0.39, 0.29) is 0 Å². The third-order valence-corrected chi connectivity index (χ3v) is 5.33. The summed E-state index contributed by atoms with van der Waals surface area (Å²) in [6.07, 6.45) is 4.21. The number of benzene rings is 3. The van der Waals surface area contributed by atoms with E-state index < -0.39 is 0 Å². The van der Waals surface area contributed by atoms with Crippen molar-refractivity contribution in [1.82, 2.24) is 4.98 Å². The van der Waals surface area contributed by atoms with Gasteiger partial charge in [-0.1, -0.05) is 54.6 Å². The molecule has 26 heavy (non-hydrogen) atoms. The SMILES string of the molecule is COc1cccc(C=Cc2ccc(-c3nc4ccc(C)cc4s3)cc2)c1. The predicted molar refractivity (Wildman–Crippen MR) is 112 cm³/mol. The van der Waals surface area contributed by atoms with Crippen LogP contribution in [0.25, 0.3) is 32.9 Å². The molecule has 3 heteroatoms. The van der Waals surface area contributed by atoms with E-state index in [2.05, 4.69) is 67.6 Å². The van der Waals surface area contributed by atoms with Gasteiger partial charge in [-0.2, -0.15) is 0 Å². The number of methoxy groups -OCH3 is 1. The van der Waals surface area contributed by atoms with Gasteiger partial charge in [0, 0.05) is 5.56 Å². The van der Waals surface area contributed by atoms with Gasteiger partial charge >= 0.3 is 0 Å². The number of hydrogen-bond donors (Lipinski definition) is 0. The molecule has 0 saturated heterocycles. The van der Waals surface area contributed by atoms with Crippen LogP contribution in [-0.2, 0) is 0 Å². The summed E-state index contributed by atoms with van der Waals surface area (Å²) >= 11 is 1.74. The normalized spacial score (nSPS) is 11.3. The molecule has 2 nitrogen and oxygen atoms in total. The van der Waals surface area contributed by atoms with Crippen molar-refractivity contribution in [3.63, 3.8) is 0 Å². The Labute approximate surface area is 157 Å². The Morgan fingerprint density at radius 3 is 2.50 bits per heavy atom. The summed E-state index contributed by atoms with van der Waals surface area (Å²) in [5.74, 6) is 0.869. The molecule has 4 rings (SSSR count). The summed E-state index contributed by atoms with van der Waals surface area (Å²) in [4.78, 5) is 4.75. The number of ether oxygens (including phenoxy) is 1. The van der Waals surface area contributed by atoms with Crippen molar-refractivity contribution in [2.75, 3.05) is 7.11 Å². The third kappa shape index (κ3) is 3.53. The van der Waals surface area contributed by atoms with E-state index in [1.165, 1.54) is 10.3 Å². The zero-order chi connectivity index (χ0) is 17.9. The monoisotopic (exact) mass is 357 g/mol. The average Bonchev–Trinajstić information content (AvgIpc) is 3.10. The van der Waals surface area contributed by atoms with E-state index in [0.717, 1.165) is 33.0 Å². The molecule has 4 aromatic rings. The van der Waals surface area contributed by atoms with Gasteiger partial charge in [-0.05, 0) is 47.9 Å².